The highest BCUT2D eigenvalue weighted by atomic mass is 19.1. The Hall–Kier alpha value is -3.19. The SMILES string of the molecule is CCOc1ccc(C(O)=C2C(=O)C(=O)N(CC[NH+](C)C)[C@@H]2c2ccccc2F)c(C)c1. The number of aliphatic hydroxyl groups is 1. The Morgan fingerprint density at radius 1 is 1.19 bits per heavy atom. The van der Waals surface area contributed by atoms with Gasteiger partial charge in [0, 0.05) is 11.1 Å². The summed E-state index contributed by atoms with van der Waals surface area (Å²) in [6.45, 7) is 4.97. The van der Waals surface area contributed by atoms with Crippen molar-refractivity contribution in [1.29, 1.82) is 0 Å². The lowest BCUT2D eigenvalue weighted by Gasteiger charge is -2.26. The van der Waals surface area contributed by atoms with Crippen LogP contribution in [0, 0.1) is 12.7 Å². The van der Waals surface area contributed by atoms with E-state index in [2.05, 4.69) is 0 Å². The van der Waals surface area contributed by atoms with Crippen LogP contribution >= 0.6 is 0 Å². The molecular weight excluding hydrogens is 399 g/mol. The summed E-state index contributed by atoms with van der Waals surface area (Å²) in [5.41, 5.74) is 1.16. The van der Waals surface area contributed by atoms with Crippen LogP contribution in [0.15, 0.2) is 48.0 Å². The number of ether oxygens (including phenoxy) is 1. The number of hydrogen-bond acceptors (Lipinski definition) is 4. The molecule has 0 unspecified atom stereocenters. The first kappa shape index (κ1) is 22.5. The van der Waals surface area contributed by atoms with Crippen LogP contribution in [-0.2, 0) is 9.59 Å². The Morgan fingerprint density at radius 3 is 2.52 bits per heavy atom. The van der Waals surface area contributed by atoms with E-state index in [1.807, 2.05) is 21.0 Å². The van der Waals surface area contributed by atoms with Crippen molar-refractivity contribution in [2.45, 2.75) is 19.9 Å². The summed E-state index contributed by atoms with van der Waals surface area (Å²) in [6, 6.07) is 10.1. The van der Waals surface area contributed by atoms with E-state index in [1.54, 1.807) is 43.3 Å². The minimum absolute atomic E-state index is 0.101. The first-order chi connectivity index (χ1) is 14.8. The number of halogens is 1. The van der Waals surface area contributed by atoms with Gasteiger partial charge in [-0.15, -0.1) is 0 Å². The van der Waals surface area contributed by atoms with Crippen molar-refractivity contribution in [1.82, 2.24) is 4.90 Å². The Morgan fingerprint density at radius 2 is 1.90 bits per heavy atom. The number of aryl methyl sites for hydroxylation is 1. The summed E-state index contributed by atoms with van der Waals surface area (Å²) >= 11 is 0. The smallest absolute Gasteiger partial charge is 0.295 e. The predicted molar refractivity (Wildman–Crippen MR) is 115 cm³/mol. The minimum Gasteiger partial charge on any atom is -0.507 e. The lowest BCUT2D eigenvalue weighted by atomic mass is 9.93. The molecule has 164 valence electrons. The van der Waals surface area contributed by atoms with E-state index in [1.165, 1.54) is 11.0 Å². The fraction of sp³-hybridized carbons (Fsp3) is 0.333. The second-order valence-corrected chi connectivity index (χ2v) is 7.88. The topological polar surface area (TPSA) is 71.3 Å². The number of amides is 1. The standard InChI is InChI=1S/C24H27FN2O4/c1-5-31-16-10-11-17(15(2)14-16)22(28)20-21(18-8-6-7-9-19(18)25)27(13-12-26(3)4)24(30)23(20)29/h6-11,14,21,28H,5,12-13H2,1-4H3/p+1/t21-/m1/s1. The van der Waals surface area contributed by atoms with Gasteiger partial charge >= 0.3 is 0 Å². The van der Waals surface area contributed by atoms with Crippen molar-refractivity contribution < 1.29 is 28.7 Å². The number of nitrogens with one attached hydrogen (secondary N) is 1. The number of carbonyl (C=O) groups is 2. The highest BCUT2D eigenvalue weighted by Crippen LogP contribution is 2.40. The molecule has 1 amide bonds. The molecule has 0 bridgehead atoms. The Balaban J connectivity index is 2.16. The van der Waals surface area contributed by atoms with E-state index in [-0.39, 0.29) is 23.4 Å². The number of likely N-dealkylation sites (N-methyl/N-ethyl adjacent to an activating group) is 1. The van der Waals surface area contributed by atoms with Gasteiger partial charge in [0.2, 0.25) is 0 Å². The Kier molecular flexibility index (Phi) is 6.75. The molecular formula is C24H28FN2O4+. The van der Waals surface area contributed by atoms with Gasteiger partial charge in [0.25, 0.3) is 11.7 Å². The van der Waals surface area contributed by atoms with E-state index in [4.69, 9.17) is 4.74 Å². The molecule has 0 spiro atoms. The Bertz CT molecular complexity index is 1030. The summed E-state index contributed by atoms with van der Waals surface area (Å²) in [4.78, 5) is 28.3. The van der Waals surface area contributed by atoms with Crippen LogP contribution in [0.4, 0.5) is 4.39 Å². The molecule has 1 aliphatic rings. The third kappa shape index (κ3) is 4.46. The van der Waals surface area contributed by atoms with E-state index in [9.17, 15) is 19.1 Å². The average Bonchev–Trinajstić information content (AvgIpc) is 2.97. The quantitative estimate of drug-likeness (QED) is 0.403. The second kappa shape index (κ2) is 9.31. The number of ketones is 1. The van der Waals surface area contributed by atoms with E-state index < -0.39 is 23.5 Å². The largest absolute Gasteiger partial charge is 0.507 e. The molecule has 1 aliphatic heterocycles. The van der Waals surface area contributed by atoms with Crippen molar-refractivity contribution in [3.8, 4) is 5.75 Å². The molecule has 2 N–H and O–H groups in total. The molecule has 0 aromatic heterocycles. The normalized spacial score (nSPS) is 18.1. The zero-order chi connectivity index (χ0) is 22.7. The van der Waals surface area contributed by atoms with Gasteiger partial charge in [-0.2, -0.15) is 0 Å². The minimum atomic E-state index is -0.994. The lowest BCUT2D eigenvalue weighted by Crippen LogP contribution is -3.06. The average molecular weight is 427 g/mol. The highest BCUT2D eigenvalue weighted by Gasteiger charge is 2.47. The molecule has 2 aromatic rings. The van der Waals surface area contributed by atoms with Crippen molar-refractivity contribution in [2.24, 2.45) is 0 Å². The molecule has 1 heterocycles. The number of aliphatic hydroxyl groups excluding tert-OH is 1. The first-order valence-electron chi connectivity index (χ1n) is 10.3. The molecule has 0 saturated carbocycles. The van der Waals surface area contributed by atoms with Crippen LogP contribution in [0.3, 0.4) is 0 Å². The van der Waals surface area contributed by atoms with Crippen molar-refractivity contribution in [2.75, 3.05) is 33.8 Å². The maximum absolute atomic E-state index is 14.7. The van der Waals surface area contributed by atoms with Crippen molar-refractivity contribution in [3.05, 3.63) is 70.5 Å². The van der Waals surface area contributed by atoms with E-state index in [0.717, 1.165) is 4.90 Å². The van der Waals surface area contributed by atoms with Gasteiger partial charge in [-0.25, -0.2) is 4.39 Å². The molecule has 3 rings (SSSR count). The summed E-state index contributed by atoms with van der Waals surface area (Å²) in [6.07, 6.45) is 0. The zero-order valence-corrected chi connectivity index (χ0v) is 18.2. The van der Waals surface area contributed by atoms with Crippen molar-refractivity contribution >= 4 is 17.4 Å². The van der Waals surface area contributed by atoms with Gasteiger partial charge in [-0.1, -0.05) is 18.2 Å². The van der Waals surface area contributed by atoms with Gasteiger partial charge in [-0.3, -0.25) is 9.59 Å². The lowest BCUT2D eigenvalue weighted by molar-refractivity contribution is -0.857. The number of nitrogens with zero attached hydrogens (tertiary/aromatic N) is 1. The third-order valence-electron chi connectivity index (χ3n) is 5.36. The van der Waals surface area contributed by atoms with Crippen LogP contribution < -0.4 is 9.64 Å². The fourth-order valence-corrected chi connectivity index (χ4v) is 3.78. The second-order valence-electron chi connectivity index (χ2n) is 7.88. The summed E-state index contributed by atoms with van der Waals surface area (Å²) < 4.78 is 20.2. The van der Waals surface area contributed by atoms with Gasteiger partial charge in [0.15, 0.2) is 0 Å². The van der Waals surface area contributed by atoms with Crippen LogP contribution in [0.1, 0.15) is 29.7 Å². The molecule has 7 heteroatoms. The van der Waals surface area contributed by atoms with Crippen LogP contribution in [-0.4, -0.2) is 55.5 Å². The first-order valence-corrected chi connectivity index (χ1v) is 10.3. The number of carbonyl (C=O) groups excluding carboxylic acids is 2. The number of hydrogen-bond donors (Lipinski definition) is 2. The van der Waals surface area contributed by atoms with Crippen LogP contribution in [0.25, 0.3) is 5.76 Å². The maximum Gasteiger partial charge on any atom is 0.295 e. The summed E-state index contributed by atoms with van der Waals surface area (Å²) in [5.74, 6) is -1.76. The Labute approximate surface area is 181 Å². The zero-order valence-electron chi connectivity index (χ0n) is 18.2. The van der Waals surface area contributed by atoms with E-state index >= 15 is 0 Å². The monoisotopic (exact) mass is 427 g/mol. The van der Waals surface area contributed by atoms with Gasteiger partial charge in [0.05, 0.1) is 45.4 Å². The predicted octanol–water partition coefficient (Wildman–Crippen LogP) is 2.10. The van der Waals surface area contributed by atoms with Gasteiger partial charge in [0.1, 0.15) is 17.3 Å². The van der Waals surface area contributed by atoms with Crippen LogP contribution in [0.2, 0.25) is 0 Å². The number of rotatable bonds is 7. The molecule has 6 nitrogen and oxygen atoms in total. The number of Topliss-reactive ketones (excluding diaryl/α,β-unsaturated/α-hetero) is 1. The van der Waals surface area contributed by atoms with E-state index in [0.29, 0.717) is 30.0 Å². The molecule has 1 saturated heterocycles. The van der Waals surface area contributed by atoms with Gasteiger partial charge in [-0.05, 0) is 43.7 Å². The molecule has 1 atom stereocenters. The number of likely N-dealkylation sites (tertiary alicyclic amines) is 1. The van der Waals surface area contributed by atoms with Crippen LogP contribution in [0.5, 0.6) is 5.75 Å². The maximum atomic E-state index is 14.7. The molecule has 1 fully saturated rings. The summed E-state index contributed by atoms with van der Waals surface area (Å²) in [7, 11) is 3.86. The highest BCUT2D eigenvalue weighted by molar-refractivity contribution is 6.46. The molecule has 0 radical (unpaired) electrons. The van der Waals surface area contributed by atoms with Crippen molar-refractivity contribution in [3.63, 3.8) is 0 Å². The third-order valence-corrected chi connectivity index (χ3v) is 5.36. The molecule has 31 heavy (non-hydrogen) atoms. The fourth-order valence-electron chi connectivity index (χ4n) is 3.78. The number of quaternary nitrogens is 1. The summed E-state index contributed by atoms with van der Waals surface area (Å²) in [5, 5.41) is 11.1. The number of benzene rings is 2. The molecule has 2 aromatic carbocycles. The molecule has 0 aliphatic carbocycles. The van der Waals surface area contributed by atoms with Gasteiger partial charge < -0.3 is 19.6 Å².